The van der Waals surface area contributed by atoms with Gasteiger partial charge in [0.15, 0.2) is 5.69 Å². The summed E-state index contributed by atoms with van der Waals surface area (Å²) in [7, 11) is 0. The van der Waals surface area contributed by atoms with E-state index in [2.05, 4.69) is 15.4 Å². The molecule has 0 bridgehead atoms. The molecule has 0 unspecified atom stereocenters. The van der Waals surface area contributed by atoms with Gasteiger partial charge in [0.05, 0.1) is 0 Å². The predicted octanol–water partition coefficient (Wildman–Crippen LogP) is 3.15. The van der Waals surface area contributed by atoms with Gasteiger partial charge in [0.25, 0.3) is 0 Å². The maximum Gasteiger partial charge on any atom is 0.190 e. The second kappa shape index (κ2) is 4.94. The molecule has 1 aromatic heterocycles. The maximum absolute atomic E-state index is 13.3. The van der Waals surface area contributed by atoms with E-state index in [-0.39, 0.29) is 11.5 Å². The van der Waals surface area contributed by atoms with Gasteiger partial charge in [0.1, 0.15) is 17.6 Å². The number of hydrogen-bond donors (Lipinski definition) is 1. The first-order valence-electron chi connectivity index (χ1n) is 5.95. The number of rotatable bonds is 2. The normalized spacial score (nSPS) is 10.2. The third-order valence-corrected chi connectivity index (χ3v) is 2.95. The molecule has 20 heavy (non-hydrogen) atoms. The van der Waals surface area contributed by atoms with Gasteiger partial charge in [-0.1, -0.05) is 30.3 Å². The molecule has 0 atom stereocenters. The van der Waals surface area contributed by atoms with E-state index < -0.39 is 0 Å². The predicted molar refractivity (Wildman–Crippen MR) is 71.9 cm³/mol. The Morgan fingerprint density at radius 3 is 2.40 bits per heavy atom. The first-order chi connectivity index (χ1) is 9.78. The van der Waals surface area contributed by atoms with Crippen LogP contribution in [0.1, 0.15) is 5.69 Å². The van der Waals surface area contributed by atoms with Crippen LogP contribution < -0.4 is 0 Å². The Labute approximate surface area is 114 Å². The van der Waals surface area contributed by atoms with Crippen LogP contribution in [0.25, 0.3) is 22.4 Å². The number of nitriles is 1. The maximum atomic E-state index is 13.3. The Balaban J connectivity index is 2.09. The summed E-state index contributed by atoms with van der Waals surface area (Å²) in [5.74, 6) is -0.285. The Hall–Kier alpha value is -3.00. The van der Waals surface area contributed by atoms with Gasteiger partial charge < -0.3 is 0 Å². The molecule has 0 aliphatic heterocycles. The molecule has 0 aliphatic carbocycles. The highest BCUT2D eigenvalue weighted by Crippen LogP contribution is 2.26. The number of benzene rings is 2. The fourth-order valence-corrected chi connectivity index (χ4v) is 2.02. The van der Waals surface area contributed by atoms with Crippen LogP contribution >= 0.6 is 0 Å². The zero-order valence-electron chi connectivity index (χ0n) is 10.3. The Morgan fingerprint density at radius 2 is 1.65 bits per heavy atom. The van der Waals surface area contributed by atoms with E-state index in [1.807, 2.05) is 36.4 Å². The number of hydrogen-bond acceptors (Lipinski definition) is 3. The highest BCUT2D eigenvalue weighted by Gasteiger charge is 2.10. The topological polar surface area (TPSA) is 65.4 Å². The van der Waals surface area contributed by atoms with E-state index in [0.29, 0.717) is 5.69 Å². The molecule has 0 radical (unpaired) electrons. The minimum absolute atomic E-state index is 0.237. The van der Waals surface area contributed by atoms with E-state index in [1.165, 1.54) is 12.1 Å². The lowest BCUT2D eigenvalue weighted by Gasteiger charge is -2.04. The van der Waals surface area contributed by atoms with Crippen molar-refractivity contribution in [1.82, 2.24) is 15.4 Å². The summed E-state index contributed by atoms with van der Waals surface area (Å²) in [6, 6.07) is 15.7. The Morgan fingerprint density at radius 1 is 0.950 bits per heavy atom. The van der Waals surface area contributed by atoms with Gasteiger partial charge in [0.2, 0.25) is 0 Å². The third-order valence-electron chi connectivity index (χ3n) is 2.95. The molecule has 4 nitrogen and oxygen atoms in total. The zero-order chi connectivity index (χ0) is 13.9. The number of nitrogens with one attached hydrogen (secondary N) is 1. The fourth-order valence-electron chi connectivity index (χ4n) is 2.02. The average Bonchev–Trinajstić information content (AvgIpc) is 2.96. The smallest absolute Gasteiger partial charge is 0.190 e. The van der Waals surface area contributed by atoms with Gasteiger partial charge in [0, 0.05) is 5.56 Å². The van der Waals surface area contributed by atoms with Crippen LogP contribution in [-0.2, 0) is 0 Å². The molecular formula is C15H9FN4. The second-order valence-corrected chi connectivity index (χ2v) is 4.22. The quantitative estimate of drug-likeness (QED) is 0.773. The third kappa shape index (κ3) is 2.15. The Kier molecular flexibility index (Phi) is 2.98. The summed E-state index contributed by atoms with van der Waals surface area (Å²) in [6.45, 7) is 0. The van der Waals surface area contributed by atoms with Crippen molar-refractivity contribution in [1.29, 1.82) is 5.26 Å². The van der Waals surface area contributed by atoms with Gasteiger partial charge >= 0.3 is 0 Å². The van der Waals surface area contributed by atoms with Gasteiger partial charge in [-0.15, -0.1) is 5.10 Å². The van der Waals surface area contributed by atoms with Crippen molar-refractivity contribution in [2.75, 3.05) is 0 Å². The molecule has 3 aromatic rings. The Bertz CT molecular complexity index is 801. The highest BCUT2D eigenvalue weighted by molar-refractivity contribution is 5.73. The van der Waals surface area contributed by atoms with Gasteiger partial charge in [-0.05, 0) is 29.3 Å². The van der Waals surface area contributed by atoms with E-state index in [4.69, 9.17) is 5.26 Å². The fraction of sp³-hybridized carbons (Fsp3) is 0. The van der Waals surface area contributed by atoms with Crippen molar-refractivity contribution < 1.29 is 4.39 Å². The molecule has 0 spiro atoms. The summed E-state index contributed by atoms with van der Waals surface area (Å²) in [6.07, 6.45) is 0. The molecule has 96 valence electrons. The van der Waals surface area contributed by atoms with Gasteiger partial charge in [-0.25, -0.2) is 4.39 Å². The van der Waals surface area contributed by atoms with E-state index in [0.717, 1.165) is 16.7 Å². The van der Waals surface area contributed by atoms with E-state index in [1.54, 1.807) is 6.07 Å². The summed E-state index contributed by atoms with van der Waals surface area (Å²) in [5.41, 5.74) is 3.12. The van der Waals surface area contributed by atoms with Crippen molar-refractivity contribution in [2.45, 2.75) is 0 Å². The standard InChI is InChI=1S/C15H9FN4/c16-13-6-2-4-11(8-13)10-3-1-5-12(7-10)15-14(9-17)18-20-19-15/h1-8H,(H,18,19,20). The molecule has 0 amide bonds. The minimum Gasteiger partial charge on any atom is -0.207 e. The van der Waals surface area contributed by atoms with Crippen molar-refractivity contribution >= 4 is 0 Å². The van der Waals surface area contributed by atoms with E-state index >= 15 is 0 Å². The lowest BCUT2D eigenvalue weighted by molar-refractivity contribution is 0.628. The van der Waals surface area contributed by atoms with Crippen molar-refractivity contribution in [3.63, 3.8) is 0 Å². The molecule has 0 aliphatic rings. The largest absolute Gasteiger partial charge is 0.207 e. The van der Waals surface area contributed by atoms with Gasteiger partial charge in [-0.2, -0.15) is 15.6 Å². The molecule has 3 rings (SSSR count). The lowest BCUT2D eigenvalue weighted by atomic mass is 10.0. The number of aromatic nitrogens is 3. The minimum atomic E-state index is -0.285. The molecule has 0 saturated heterocycles. The number of aromatic amines is 1. The van der Waals surface area contributed by atoms with Crippen LogP contribution in [0.3, 0.4) is 0 Å². The van der Waals surface area contributed by atoms with Crippen LogP contribution in [0, 0.1) is 17.1 Å². The van der Waals surface area contributed by atoms with E-state index in [9.17, 15) is 4.39 Å². The summed E-state index contributed by atoms with van der Waals surface area (Å²) in [5, 5.41) is 19.2. The van der Waals surface area contributed by atoms with Crippen LogP contribution in [-0.4, -0.2) is 15.4 Å². The average molecular weight is 264 g/mol. The number of H-pyrrole nitrogens is 1. The molecule has 1 heterocycles. The van der Waals surface area contributed by atoms with Gasteiger partial charge in [-0.3, -0.25) is 0 Å². The lowest BCUT2D eigenvalue weighted by Crippen LogP contribution is -1.85. The number of nitrogens with zero attached hydrogens (tertiary/aromatic N) is 3. The van der Waals surface area contributed by atoms with Crippen molar-refractivity contribution in [3.8, 4) is 28.5 Å². The summed E-state index contributed by atoms with van der Waals surface area (Å²) in [4.78, 5) is 0. The zero-order valence-corrected chi connectivity index (χ0v) is 10.3. The molecule has 2 aromatic carbocycles. The highest BCUT2D eigenvalue weighted by atomic mass is 19.1. The van der Waals surface area contributed by atoms with Crippen LogP contribution in [0.15, 0.2) is 48.5 Å². The van der Waals surface area contributed by atoms with Crippen molar-refractivity contribution in [3.05, 3.63) is 60.0 Å². The van der Waals surface area contributed by atoms with Crippen LogP contribution in [0.5, 0.6) is 0 Å². The monoisotopic (exact) mass is 264 g/mol. The molecule has 0 fully saturated rings. The second-order valence-electron chi connectivity index (χ2n) is 4.22. The number of halogens is 1. The molecule has 5 heteroatoms. The summed E-state index contributed by atoms with van der Waals surface area (Å²) < 4.78 is 13.3. The first-order valence-corrected chi connectivity index (χ1v) is 5.95. The molecule has 1 N–H and O–H groups in total. The van der Waals surface area contributed by atoms with Crippen LogP contribution in [0.2, 0.25) is 0 Å². The molecular weight excluding hydrogens is 255 g/mol. The van der Waals surface area contributed by atoms with Crippen LogP contribution in [0.4, 0.5) is 4.39 Å². The first kappa shape index (κ1) is 12.1. The molecule has 0 saturated carbocycles. The SMILES string of the molecule is N#Cc1n[nH]nc1-c1cccc(-c2cccc(F)c2)c1. The summed E-state index contributed by atoms with van der Waals surface area (Å²) >= 11 is 0. The van der Waals surface area contributed by atoms with Crippen molar-refractivity contribution in [2.24, 2.45) is 0 Å².